The van der Waals surface area contributed by atoms with Gasteiger partial charge in [0.1, 0.15) is 18.1 Å². The fraction of sp³-hybridized carbons (Fsp3) is 0.286. The summed E-state index contributed by atoms with van der Waals surface area (Å²) in [6.07, 6.45) is 0. The Morgan fingerprint density at radius 1 is 1.07 bits per heavy atom. The molecule has 7 heteroatoms. The van der Waals surface area contributed by atoms with Crippen LogP contribution in [-0.4, -0.2) is 18.4 Å². The van der Waals surface area contributed by atoms with Crippen molar-refractivity contribution in [3.8, 4) is 17.2 Å². The van der Waals surface area contributed by atoms with Crippen molar-refractivity contribution in [1.82, 2.24) is 4.90 Å². The molecule has 0 amide bonds. The van der Waals surface area contributed by atoms with Crippen LogP contribution in [0.2, 0.25) is 5.02 Å². The number of hydrogen-bond acceptors (Lipinski definition) is 6. The minimum Gasteiger partial charge on any atom is -0.476 e. The molecule has 28 heavy (non-hydrogen) atoms. The highest BCUT2D eigenvalue weighted by atomic mass is 35.5. The molecular formula is C21H18ClNO5. The average molecular weight is 400 g/mol. The van der Waals surface area contributed by atoms with E-state index in [4.69, 9.17) is 30.2 Å². The minimum absolute atomic E-state index is 0.251. The highest BCUT2D eigenvalue weighted by molar-refractivity contribution is 6.33. The van der Waals surface area contributed by atoms with Crippen molar-refractivity contribution in [3.63, 3.8) is 0 Å². The molecule has 0 spiro atoms. The molecule has 2 aromatic carbocycles. The van der Waals surface area contributed by atoms with Crippen LogP contribution in [0.3, 0.4) is 0 Å². The first-order chi connectivity index (χ1) is 13.5. The van der Waals surface area contributed by atoms with Crippen molar-refractivity contribution in [2.75, 3.05) is 13.5 Å². The van der Waals surface area contributed by atoms with Crippen LogP contribution < -0.4 is 19.8 Å². The summed E-state index contributed by atoms with van der Waals surface area (Å²) < 4.78 is 22.4. The fourth-order valence-corrected chi connectivity index (χ4v) is 3.99. The Kier molecular flexibility index (Phi) is 4.00. The molecule has 1 aromatic heterocycles. The van der Waals surface area contributed by atoms with E-state index in [1.807, 2.05) is 31.2 Å². The second kappa shape index (κ2) is 6.43. The number of rotatable bonds is 2. The van der Waals surface area contributed by atoms with E-state index >= 15 is 0 Å². The molecule has 0 unspecified atom stereocenters. The van der Waals surface area contributed by atoms with Crippen LogP contribution in [0.1, 0.15) is 22.3 Å². The van der Waals surface area contributed by atoms with Gasteiger partial charge < -0.3 is 18.6 Å². The Hall–Kier alpha value is -2.70. The lowest BCUT2D eigenvalue weighted by molar-refractivity contribution is 0.0890. The summed E-state index contributed by atoms with van der Waals surface area (Å²) in [5.41, 5.74) is 3.57. The molecule has 6 nitrogen and oxygen atoms in total. The molecule has 2 aliphatic heterocycles. The Balaban J connectivity index is 1.52. The predicted molar refractivity (Wildman–Crippen MR) is 104 cm³/mol. The topological polar surface area (TPSA) is 61.1 Å². The van der Waals surface area contributed by atoms with E-state index in [0.29, 0.717) is 41.7 Å². The zero-order valence-electron chi connectivity index (χ0n) is 15.5. The number of nitrogens with zero attached hydrogens (tertiary/aromatic N) is 1. The first-order valence-corrected chi connectivity index (χ1v) is 9.38. The van der Waals surface area contributed by atoms with Gasteiger partial charge in [0, 0.05) is 24.0 Å². The van der Waals surface area contributed by atoms with Gasteiger partial charge in [-0.1, -0.05) is 17.7 Å². The van der Waals surface area contributed by atoms with Gasteiger partial charge in [0.2, 0.25) is 6.79 Å². The summed E-state index contributed by atoms with van der Waals surface area (Å²) in [6, 6.07) is 7.71. The van der Waals surface area contributed by atoms with Gasteiger partial charge in [0.15, 0.2) is 11.5 Å². The lowest BCUT2D eigenvalue weighted by atomic mass is 10.0. The van der Waals surface area contributed by atoms with Crippen molar-refractivity contribution in [3.05, 3.63) is 62.0 Å². The third kappa shape index (κ3) is 2.72. The number of halogens is 1. The van der Waals surface area contributed by atoms with E-state index in [1.165, 1.54) is 0 Å². The van der Waals surface area contributed by atoms with Crippen molar-refractivity contribution in [2.24, 2.45) is 0 Å². The SMILES string of the molecule is Cc1c(C)c2cc(Cl)c3c(c2oc1=O)CN(Cc1ccc2c(c1)OCO2)CO3. The number of hydrogen-bond donors (Lipinski definition) is 0. The van der Waals surface area contributed by atoms with Gasteiger partial charge in [-0.3, -0.25) is 4.90 Å². The molecule has 2 aliphatic rings. The first kappa shape index (κ1) is 17.4. The summed E-state index contributed by atoms with van der Waals surface area (Å²) in [5.74, 6) is 2.10. The van der Waals surface area contributed by atoms with E-state index in [0.717, 1.165) is 33.6 Å². The van der Waals surface area contributed by atoms with Crippen molar-refractivity contribution in [1.29, 1.82) is 0 Å². The molecule has 5 rings (SSSR count). The molecule has 0 saturated carbocycles. The monoisotopic (exact) mass is 399 g/mol. The standard InChI is InChI=1S/C21H18ClNO5/c1-11-12(2)21(24)28-19-14(11)6-16(22)20-15(19)8-23(9-25-20)7-13-3-4-17-18(5-13)27-10-26-17/h3-6H,7-10H2,1-2H3. The molecule has 0 saturated heterocycles. The van der Waals surface area contributed by atoms with Gasteiger partial charge in [-0.15, -0.1) is 0 Å². The van der Waals surface area contributed by atoms with Crippen molar-refractivity contribution in [2.45, 2.75) is 26.9 Å². The van der Waals surface area contributed by atoms with Crippen molar-refractivity contribution < 1.29 is 18.6 Å². The second-order valence-corrected chi connectivity index (χ2v) is 7.54. The molecule has 144 valence electrons. The lowest BCUT2D eigenvalue weighted by Gasteiger charge is -2.30. The zero-order valence-corrected chi connectivity index (χ0v) is 16.3. The van der Waals surface area contributed by atoms with Crippen molar-refractivity contribution >= 4 is 22.6 Å². The first-order valence-electron chi connectivity index (χ1n) is 9.00. The lowest BCUT2D eigenvalue weighted by Crippen LogP contribution is -2.32. The molecule has 0 atom stereocenters. The van der Waals surface area contributed by atoms with Crippen LogP contribution in [0.4, 0.5) is 0 Å². The van der Waals surface area contributed by atoms with Crippen LogP contribution in [0.5, 0.6) is 17.2 Å². The smallest absolute Gasteiger partial charge is 0.339 e. The maximum atomic E-state index is 12.2. The number of benzene rings is 2. The second-order valence-electron chi connectivity index (χ2n) is 7.13. The quantitative estimate of drug-likeness (QED) is 0.603. The molecule has 0 radical (unpaired) electrons. The Bertz CT molecular complexity index is 1170. The van der Waals surface area contributed by atoms with E-state index in [9.17, 15) is 4.79 Å². The van der Waals surface area contributed by atoms with Gasteiger partial charge in [0.05, 0.1) is 10.6 Å². The summed E-state index contributed by atoms with van der Waals surface area (Å²) in [5, 5.41) is 1.37. The van der Waals surface area contributed by atoms with Gasteiger partial charge >= 0.3 is 5.63 Å². The van der Waals surface area contributed by atoms with Crippen LogP contribution in [0.15, 0.2) is 33.5 Å². The normalized spacial score (nSPS) is 15.5. The van der Waals surface area contributed by atoms with Crippen LogP contribution >= 0.6 is 11.6 Å². The molecule has 3 heterocycles. The molecule has 0 fully saturated rings. The molecule has 0 N–H and O–H groups in total. The summed E-state index contributed by atoms with van der Waals surface area (Å²) in [4.78, 5) is 14.3. The van der Waals surface area contributed by atoms with Gasteiger partial charge in [-0.2, -0.15) is 0 Å². The highest BCUT2D eigenvalue weighted by Gasteiger charge is 2.26. The summed E-state index contributed by atoms with van der Waals surface area (Å²) in [6.45, 7) is 5.52. The summed E-state index contributed by atoms with van der Waals surface area (Å²) in [7, 11) is 0. The summed E-state index contributed by atoms with van der Waals surface area (Å²) >= 11 is 6.46. The Morgan fingerprint density at radius 2 is 1.89 bits per heavy atom. The number of fused-ring (bicyclic) bond motifs is 4. The maximum absolute atomic E-state index is 12.2. The highest BCUT2D eigenvalue weighted by Crippen LogP contribution is 2.40. The third-order valence-electron chi connectivity index (χ3n) is 5.36. The fourth-order valence-electron chi connectivity index (χ4n) is 3.71. The largest absolute Gasteiger partial charge is 0.476 e. The van der Waals surface area contributed by atoms with Crippen LogP contribution in [0, 0.1) is 13.8 Å². The Morgan fingerprint density at radius 3 is 2.75 bits per heavy atom. The molecule has 0 bridgehead atoms. The van der Waals surface area contributed by atoms with E-state index < -0.39 is 0 Å². The molecule has 0 aliphatic carbocycles. The predicted octanol–water partition coefficient (Wildman–Crippen LogP) is 4.14. The molecular weight excluding hydrogens is 382 g/mol. The molecule has 3 aromatic rings. The van der Waals surface area contributed by atoms with E-state index in [-0.39, 0.29) is 12.4 Å². The third-order valence-corrected chi connectivity index (χ3v) is 5.65. The van der Waals surface area contributed by atoms with E-state index in [1.54, 1.807) is 6.92 Å². The number of aryl methyl sites for hydroxylation is 1. The maximum Gasteiger partial charge on any atom is 0.339 e. The average Bonchev–Trinajstić information content (AvgIpc) is 3.15. The minimum atomic E-state index is -0.331. The van der Waals surface area contributed by atoms with Gasteiger partial charge in [-0.25, -0.2) is 4.79 Å². The Labute approximate surface area is 166 Å². The van der Waals surface area contributed by atoms with E-state index in [2.05, 4.69) is 4.90 Å². The van der Waals surface area contributed by atoms with Gasteiger partial charge in [-0.05, 0) is 43.2 Å². The number of ether oxygens (including phenoxy) is 3. The van der Waals surface area contributed by atoms with Crippen LogP contribution in [-0.2, 0) is 13.1 Å². The van der Waals surface area contributed by atoms with Gasteiger partial charge in [0.25, 0.3) is 0 Å². The zero-order chi connectivity index (χ0) is 19.4. The van der Waals surface area contributed by atoms with Crippen LogP contribution in [0.25, 0.3) is 11.0 Å².